The molecule has 0 N–H and O–H groups in total. The number of carbonyl (C=O) groups is 1. The zero-order valence-corrected chi connectivity index (χ0v) is 11.2. The first kappa shape index (κ1) is 11.9. The summed E-state index contributed by atoms with van der Waals surface area (Å²) in [5, 5.41) is 0. The predicted molar refractivity (Wildman–Crippen MR) is 65.0 cm³/mol. The topological polar surface area (TPSA) is 23.6 Å². The number of hydrogen-bond donors (Lipinski definition) is 0. The number of hydrogen-bond acceptors (Lipinski definition) is 2. The molecule has 2 aliphatic heterocycles. The molecular formula is C13H24N2O. The summed E-state index contributed by atoms with van der Waals surface area (Å²) in [6.45, 7) is 9.86. The number of fused-ring (bicyclic) bond motifs is 1. The average molecular weight is 224 g/mol. The minimum Gasteiger partial charge on any atom is -0.328 e. The van der Waals surface area contributed by atoms with Crippen LogP contribution in [0.4, 0.5) is 0 Å². The highest BCUT2D eigenvalue weighted by atomic mass is 16.2. The molecule has 2 unspecified atom stereocenters. The minimum absolute atomic E-state index is 0.125. The van der Waals surface area contributed by atoms with Gasteiger partial charge in [0.2, 0.25) is 5.91 Å². The van der Waals surface area contributed by atoms with E-state index in [2.05, 4.69) is 32.6 Å². The highest BCUT2D eigenvalue weighted by Crippen LogP contribution is 2.43. The van der Waals surface area contributed by atoms with E-state index in [1.165, 1.54) is 12.8 Å². The number of likely N-dealkylation sites (N-methyl/N-ethyl adjacent to an activating group) is 1. The van der Waals surface area contributed by atoms with Crippen molar-refractivity contribution in [2.45, 2.75) is 58.7 Å². The largest absolute Gasteiger partial charge is 0.328 e. The molecule has 1 amide bonds. The van der Waals surface area contributed by atoms with E-state index in [1.54, 1.807) is 0 Å². The molecule has 92 valence electrons. The molecular weight excluding hydrogens is 200 g/mol. The van der Waals surface area contributed by atoms with Gasteiger partial charge < -0.3 is 4.90 Å². The van der Waals surface area contributed by atoms with Crippen molar-refractivity contribution in [3.8, 4) is 0 Å². The second-order valence-electron chi connectivity index (χ2n) is 6.58. The monoisotopic (exact) mass is 224 g/mol. The maximum Gasteiger partial charge on any atom is 0.243 e. The Labute approximate surface area is 98.8 Å². The van der Waals surface area contributed by atoms with E-state index in [9.17, 15) is 4.79 Å². The first-order valence-electron chi connectivity index (χ1n) is 6.32. The smallest absolute Gasteiger partial charge is 0.243 e. The molecule has 16 heavy (non-hydrogen) atoms. The molecule has 3 nitrogen and oxygen atoms in total. The van der Waals surface area contributed by atoms with Gasteiger partial charge in [-0.25, -0.2) is 0 Å². The van der Waals surface area contributed by atoms with Gasteiger partial charge in [0.25, 0.3) is 0 Å². The maximum absolute atomic E-state index is 12.4. The van der Waals surface area contributed by atoms with Gasteiger partial charge in [-0.3, -0.25) is 9.69 Å². The lowest BCUT2D eigenvalue weighted by molar-refractivity contribution is -0.133. The van der Waals surface area contributed by atoms with Crippen LogP contribution in [0.5, 0.6) is 0 Å². The van der Waals surface area contributed by atoms with Crippen molar-refractivity contribution in [2.24, 2.45) is 5.41 Å². The SMILES string of the molecule is CN1C(=O)C2(C)CCCCN2C1C(C)(C)C. The minimum atomic E-state index is -0.231. The number of amides is 1. The van der Waals surface area contributed by atoms with Crippen molar-refractivity contribution < 1.29 is 4.79 Å². The first-order chi connectivity index (χ1) is 7.28. The maximum atomic E-state index is 12.4. The van der Waals surface area contributed by atoms with Crippen LogP contribution in [0.2, 0.25) is 0 Å². The van der Waals surface area contributed by atoms with Crippen molar-refractivity contribution >= 4 is 5.91 Å². The molecule has 2 atom stereocenters. The van der Waals surface area contributed by atoms with Gasteiger partial charge in [-0.05, 0) is 31.6 Å². The molecule has 2 fully saturated rings. The number of piperidine rings is 1. The first-order valence-corrected chi connectivity index (χ1v) is 6.32. The van der Waals surface area contributed by atoms with Crippen LogP contribution in [0.1, 0.15) is 47.0 Å². The van der Waals surface area contributed by atoms with Crippen molar-refractivity contribution in [3.63, 3.8) is 0 Å². The Bertz CT molecular complexity index is 308. The Hall–Kier alpha value is -0.570. The van der Waals surface area contributed by atoms with Crippen LogP contribution in [0.15, 0.2) is 0 Å². The lowest BCUT2D eigenvalue weighted by Crippen LogP contribution is -2.54. The van der Waals surface area contributed by atoms with E-state index in [0.717, 1.165) is 13.0 Å². The van der Waals surface area contributed by atoms with Crippen LogP contribution in [0.25, 0.3) is 0 Å². The Kier molecular flexibility index (Phi) is 2.57. The zero-order chi connectivity index (χ0) is 12.1. The average Bonchev–Trinajstić information content (AvgIpc) is 2.37. The molecule has 0 aromatic heterocycles. The van der Waals surface area contributed by atoms with Crippen LogP contribution in [-0.4, -0.2) is 41.0 Å². The van der Waals surface area contributed by atoms with Gasteiger partial charge in [0, 0.05) is 13.6 Å². The highest BCUT2D eigenvalue weighted by Gasteiger charge is 2.56. The normalized spacial score (nSPS) is 36.7. The van der Waals surface area contributed by atoms with E-state index in [0.29, 0.717) is 5.91 Å². The van der Waals surface area contributed by atoms with Gasteiger partial charge >= 0.3 is 0 Å². The third-order valence-corrected chi connectivity index (χ3v) is 4.16. The Morgan fingerprint density at radius 2 is 1.94 bits per heavy atom. The van der Waals surface area contributed by atoms with Gasteiger partial charge in [0.05, 0.1) is 11.7 Å². The molecule has 0 aliphatic carbocycles. The van der Waals surface area contributed by atoms with E-state index >= 15 is 0 Å². The molecule has 0 aromatic carbocycles. The summed E-state index contributed by atoms with van der Waals surface area (Å²) in [7, 11) is 1.96. The lowest BCUT2D eigenvalue weighted by atomic mass is 9.86. The van der Waals surface area contributed by atoms with Crippen molar-refractivity contribution in [3.05, 3.63) is 0 Å². The van der Waals surface area contributed by atoms with Crippen LogP contribution >= 0.6 is 0 Å². The molecule has 0 spiro atoms. The summed E-state index contributed by atoms with van der Waals surface area (Å²) in [5.41, 5.74) is -0.107. The highest BCUT2D eigenvalue weighted by molar-refractivity contribution is 5.88. The fourth-order valence-electron chi connectivity index (χ4n) is 3.51. The molecule has 0 radical (unpaired) electrons. The van der Waals surface area contributed by atoms with Crippen LogP contribution in [0, 0.1) is 5.41 Å². The van der Waals surface area contributed by atoms with Gasteiger partial charge in [0.15, 0.2) is 0 Å². The van der Waals surface area contributed by atoms with Crippen LogP contribution in [-0.2, 0) is 4.79 Å². The summed E-state index contributed by atoms with van der Waals surface area (Å²) in [5.74, 6) is 0.312. The third-order valence-electron chi connectivity index (χ3n) is 4.16. The molecule has 2 rings (SSSR count). The molecule has 2 heterocycles. The van der Waals surface area contributed by atoms with Gasteiger partial charge in [-0.15, -0.1) is 0 Å². The van der Waals surface area contributed by atoms with Gasteiger partial charge in [-0.2, -0.15) is 0 Å². The quantitative estimate of drug-likeness (QED) is 0.629. The van der Waals surface area contributed by atoms with Crippen molar-refractivity contribution in [1.29, 1.82) is 0 Å². The second kappa shape index (κ2) is 3.46. The molecule has 2 aliphatic rings. The number of nitrogens with zero attached hydrogens (tertiary/aromatic N) is 2. The summed E-state index contributed by atoms with van der Waals surface area (Å²) in [6.07, 6.45) is 3.68. The van der Waals surface area contributed by atoms with Crippen molar-refractivity contribution in [2.75, 3.05) is 13.6 Å². The van der Waals surface area contributed by atoms with Gasteiger partial charge in [0.1, 0.15) is 0 Å². The number of carbonyl (C=O) groups excluding carboxylic acids is 1. The standard InChI is InChI=1S/C13H24N2O/c1-12(2,3)10-14(5)11(16)13(4)8-6-7-9-15(10)13/h10H,6-9H2,1-5H3. The van der Waals surface area contributed by atoms with Crippen LogP contribution in [0.3, 0.4) is 0 Å². The summed E-state index contributed by atoms with van der Waals surface area (Å²) < 4.78 is 0. The fraction of sp³-hybridized carbons (Fsp3) is 0.923. The molecule has 0 aromatic rings. The predicted octanol–water partition coefficient (Wildman–Crippen LogP) is 2.08. The number of rotatable bonds is 0. The second-order valence-corrected chi connectivity index (χ2v) is 6.58. The van der Waals surface area contributed by atoms with E-state index in [4.69, 9.17) is 0 Å². The van der Waals surface area contributed by atoms with Gasteiger partial charge in [-0.1, -0.05) is 20.8 Å². The molecule has 3 heteroatoms. The third kappa shape index (κ3) is 1.48. The molecule has 2 saturated heterocycles. The Balaban J connectivity index is 2.38. The Morgan fingerprint density at radius 3 is 2.50 bits per heavy atom. The summed E-state index contributed by atoms with van der Waals surface area (Å²) in [4.78, 5) is 16.8. The fourth-order valence-corrected chi connectivity index (χ4v) is 3.51. The molecule has 0 bridgehead atoms. The van der Waals surface area contributed by atoms with Crippen molar-refractivity contribution in [1.82, 2.24) is 9.80 Å². The van der Waals surface area contributed by atoms with E-state index in [1.807, 2.05) is 11.9 Å². The molecule has 0 saturated carbocycles. The Morgan fingerprint density at radius 1 is 1.31 bits per heavy atom. The summed E-state index contributed by atoms with van der Waals surface area (Å²) in [6, 6.07) is 0. The summed E-state index contributed by atoms with van der Waals surface area (Å²) >= 11 is 0. The van der Waals surface area contributed by atoms with Crippen LogP contribution < -0.4 is 0 Å². The van der Waals surface area contributed by atoms with E-state index < -0.39 is 0 Å². The van der Waals surface area contributed by atoms with E-state index in [-0.39, 0.29) is 17.1 Å². The zero-order valence-electron chi connectivity index (χ0n) is 11.2. The lowest BCUT2D eigenvalue weighted by Gasteiger charge is -2.44.